The van der Waals surface area contributed by atoms with E-state index in [0.29, 0.717) is 0 Å². The van der Waals surface area contributed by atoms with E-state index in [4.69, 9.17) is 0 Å². The monoisotopic (exact) mass is 348 g/mol. The first-order valence-corrected chi connectivity index (χ1v) is 6.89. The third-order valence-corrected chi connectivity index (χ3v) is 5.34. The molecule has 0 aromatic carbocycles. The molecule has 0 aliphatic rings. The number of nitrogens with zero attached hydrogens (tertiary/aromatic N) is 2. The molecular formula is C5H6Ca2N2O7P2. The molecule has 0 saturated heterocycles. The molecule has 0 aliphatic heterocycles. The second-order valence-corrected chi connectivity index (χ2v) is 6.83. The Bertz CT molecular complexity index is 432. The van der Waals surface area contributed by atoms with Crippen molar-refractivity contribution < 1.29 is 33.8 Å². The van der Waals surface area contributed by atoms with Crippen molar-refractivity contribution in [3.05, 3.63) is 18.7 Å². The quantitative estimate of drug-likeness (QED) is 0.421. The van der Waals surface area contributed by atoms with Crippen LogP contribution in [0.25, 0.3) is 0 Å². The van der Waals surface area contributed by atoms with Crippen LogP contribution >= 0.6 is 15.2 Å². The summed E-state index contributed by atoms with van der Waals surface area (Å²) in [7, 11) is -12.1. The number of hydrogen-bond acceptors (Lipinski definition) is 8. The summed E-state index contributed by atoms with van der Waals surface area (Å²) < 4.78 is 22.1. The maximum Gasteiger partial charge on any atom is 2.00 e. The Morgan fingerprint density at radius 3 is 1.89 bits per heavy atom. The van der Waals surface area contributed by atoms with Gasteiger partial charge < -0.3 is 38.4 Å². The van der Waals surface area contributed by atoms with Crippen molar-refractivity contribution in [2.75, 3.05) is 0 Å². The fraction of sp³-hybridized carbons (Fsp3) is 0.400. The molecule has 9 nitrogen and oxygen atoms in total. The SMILES string of the molecule is O=P([O-])([O-])C(O)(Cn1ccnc1)P(=O)([O-])[O-].[Ca+2].[Ca+2]. The topological polar surface area (TPSA) is 164 Å². The molecular weight excluding hydrogens is 342 g/mol. The van der Waals surface area contributed by atoms with E-state index in [1.807, 2.05) is 0 Å². The molecule has 18 heavy (non-hydrogen) atoms. The van der Waals surface area contributed by atoms with E-state index in [2.05, 4.69) is 4.98 Å². The summed E-state index contributed by atoms with van der Waals surface area (Å²) in [6.45, 7) is -1.21. The first-order chi connectivity index (χ1) is 7.08. The molecule has 0 atom stereocenters. The van der Waals surface area contributed by atoms with E-state index in [0.717, 1.165) is 23.3 Å². The molecule has 0 aliphatic carbocycles. The first-order valence-electron chi connectivity index (χ1n) is 3.80. The minimum Gasteiger partial charge on any atom is -0.808 e. The van der Waals surface area contributed by atoms with E-state index in [-0.39, 0.29) is 75.5 Å². The average molecular weight is 348 g/mol. The Labute approximate surface area is 162 Å². The molecule has 13 heteroatoms. The van der Waals surface area contributed by atoms with Crippen LogP contribution in [-0.4, -0.2) is 95.2 Å². The van der Waals surface area contributed by atoms with Crippen molar-refractivity contribution in [1.29, 1.82) is 0 Å². The first kappa shape index (κ1) is 22.3. The van der Waals surface area contributed by atoms with Crippen LogP contribution < -0.4 is 19.6 Å². The van der Waals surface area contributed by atoms with Crippen molar-refractivity contribution in [1.82, 2.24) is 9.55 Å². The number of aromatic nitrogens is 2. The molecule has 0 unspecified atom stereocenters. The molecule has 1 heterocycles. The van der Waals surface area contributed by atoms with Crippen LogP contribution in [0, 0.1) is 0 Å². The Kier molecular flexibility index (Phi) is 9.71. The Morgan fingerprint density at radius 1 is 1.17 bits per heavy atom. The second-order valence-electron chi connectivity index (χ2n) is 3.00. The van der Waals surface area contributed by atoms with Gasteiger partial charge in [0, 0.05) is 12.4 Å². The molecule has 0 bridgehead atoms. The van der Waals surface area contributed by atoms with Crippen molar-refractivity contribution in [3.8, 4) is 0 Å². The number of hydrogen-bond donors (Lipinski definition) is 1. The zero-order valence-electron chi connectivity index (χ0n) is 9.04. The van der Waals surface area contributed by atoms with Crippen LogP contribution in [0.5, 0.6) is 0 Å². The van der Waals surface area contributed by atoms with Gasteiger partial charge in [0.15, 0.2) is 0 Å². The Morgan fingerprint density at radius 2 is 1.61 bits per heavy atom. The van der Waals surface area contributed by atoms with Crippen molar-refractivity contribution >= 4 is 90.7 Å². The van der Waals surface area contributed by atoms with E-state index in [9.17, 15) is 33.8 Å². The molecule has 0 spiro atoms. The Hall–Kier alpha value is 1.99. The second kappa shape index (κ2) is 7.84. The van der Waals surface area contributed by atoms with E-state index < -0.39 is 26.8 Å². The van der Waals surface area contributed by atoms with Gasteiger partial charge in [0.2, 0.25) is 0 Å². The van der Waals surface area contributed by atoms with Gasteiger partial charge in [0.1, 0.15) is 5.08 Å². The third-order valence-electron chi connectivity index (χ3n) is 1.83. The molecule has 92 valence electrons. The summed E-state index contributed by atoms with van der Waals surface area (Å²) in [4.78, 5) is 46.0. The molecule has 1 aromatic rings. The van der Waals surface area contributed by atoms with Crippen molar-refractivity contribution in [2.45, 2.75) is 11.6 Å². The van der Waals surface area contributed by atoms with Gasteiger partial charge in [-0.3, -0.25) is 0 Å². The molecule has 1 aromatic heterocycles. The summed E-state index contributed by atoms with van der Waals surface area (Å²) in [6.07, 6.45) is 3.20. The largest absolute Gasteiger partial charge is 2.00 e. The minimum absolute atomic E-state index is 0. The number of imidazole rings is 1. The third kappa shape index (κ3) is 5.07. The van der Waals surface area contributed by atoms with Crippen LogP contribution in [-0.2, 0) is 15.7 Å². The van der Waals surface area contributed by atoms with Crippen LogP contribution in [0.3, 0.4) is 0 Å². The van der Waals surface area contributed by atoms with Crippen LogP contribution in [0.4, 0.5) is 0 Å². The van der Waals surface area contributed by atoms with Gasteiger partial charge in [0.05, 0.1) is 12.9 Å². The summed E-state index contributed by atoms with van der Waals surface area (Å²) >= 11 is 0. The summed E-state index contributed by atoms with van der Waals surface area (Å²) in [5.74, 6) is 0. The van der Waals surface area contributed by atoms with Gasteiger partial charge in [0.25, 0.3) is 0 Å². The fourth-order valence-electron chi connectivity index (χ4n) is 0.948. The van der Waals surface area contributed by atoms with Crippen LogP contribution in [0.1, 0.15) is 0 Å². The molecule has 1 rings (SSSR count). The maximum atomic E-state index is 10.6. The summed E-state index contributed by atoms with van der Waals surface area (Å²) in [6, 6.07) is 0. The van der Waals surface area contributed by atoms with Gasteiger partial charge in [-0.2, -0.15) is 0 Å². The standard InChI is InChI=1S/C5H10N2O7P2.2Ca/c8-5(15(9,10)11,16(12,13)14)3-7-2-1-6-4-7;;/h1-2,4,8H,3H2,(H2,9,10,11)(H2,12,13,14);;/q;2*+2/p-4. The Balaban J connectivity index is 0. The van der Waals surface area contributed by atoms with E-state index >= 15 is 0 Å². The normalized spacial score (nSPS) is 12.5. The minimum atomic E-state index is -6.03. The van der Waals surface area contributed by atoms with Gasteiger partial charge in [-0.15, -0.1) is 0 Å². The average Bonchev–Trinajstić information content (AvgIpc) is 2.52. The van der Waals surface area contributed by atoms with Gasteiger partial charge >= 0.3 is 75.5 Å². The number of aliphatic hydroxyl groups is 1. The van der Waals surface area contributed by atoms with Crippen molar-refractivity contribution in [2.24, 2.45) is 0 Å². The molecule has 0 saturated carbocycles. The predicted octanol–water partition coefficient (Wildman–Crippen LogP) is -4.40. The van der Waals surface area contributed by atoms with Gasteiger partial charge in [-0.25, -0.2) is 4.98 Å². The fourth-order valence-corrected chi connectivity index (χ4v) is 2.82. The molecule has 0 fully saturated rings. The molecule has 1 N–H and O–H groups in total. The predicted molar refractivity (Wildman–Crippen MR) is 53.9 cm³/mol. The van der Waals surface area contributed by atoms with E-state index in [1.165, 1.54) is 0 Å². The molecule has 0 radical (unpaired) electrons. The number of rotatable bonds is 4. The van der Waals surface area contributed by atoms with Crippen LogP contribution in [0.2, 0.25) is 0 Å². The summed E-state index contributed by atoms with van der Waals surface area (Å²) in [5, 5.41) is 5.34. The van der Waals surface area contributed by atoms with Gasteiger partial charge in [-0.1, -0.05) is 0 Å². The van der Waals surface area contributed by atoms with Gasteiger partial charge in [-0.05, 0) is 15.2 Å². The zero-order valence-corrected chi connectivity index (χ0v) is 15.2. The zero-order chi connectivity index (χ0) is 12.6. The van der Waals surface area contributed by atoms with Crippen LogP contribution in [0.15, 0.2) is 18.7 Å². The molecule has 0 amide bonds. The van der Waals surface area contributed by atoms with E-state index in [1.54, 1.807) is 0 Å². The van der Waals surface area contributed by atoms with Crippen molar-refractivity contribution in [3.63, 3.8) is 0 Å². The smallest absolute Gasteiger partial charge is 0.808 e. The summed E-state index contributed by atoms with van der Waals surface area (Å²) in [5.41, 5.74) is 0. The maximum absolute atomic E-state index is 10.6.